The predicted molar refractivity (Wildman–Crippen MR) is 57.4 cm³/mol. The molecule has 1 amide bonds. The van der Waals surface area contributed by atoms with Crippen LogP contribution in [0.2, 0.25) is 0 Å². The number of carboxylic acid groups (broad SMARTS) is 1. The molecule has 2 rings (SSSR count). The van der Waals surface area contributed by atoms with Gasteiger partial charge in [-0.3, -0.25) is 0 Å². The zero-order chi connectivity index (χ0) is 12.3. The Bertz CT molecular complexity index is 413. The molecule has 5 nitrogen and oxygen atoms in total. The van der Waals surface area contributed by atoms with Gasteiger partial charge in [0.15, 0.2) is 5.75 Å². The second-order valence-electron chi connectivity index (χ2n) is 3.88. The van der Waals surface area contributed by atoms with E-state index in [4.69, 9.17) is 9.84 Å². The molecule has 0 saturated carbocycles. The Hall–Kier alpha value is -1.85. The first-order valence-corrected chi connectivity index (χ1v) is 5.41. The van der Waals surface area contributed by atoms with Gasteiger partial charge >= 0.3 is 6.09 Å². The molecule has 17 heavy (non-hydrogen) atoms. The van der Waals surface area contributed by atoms with Crippen molar-refractivity contribution in [2.24, 2.45) is 0 Å². The van der Waals surface area contributed by atoms with Gasteiger partial charge in [0.1, 0.15) is 6.61 Å². The zero-order valence-electron chi connectivity index (χ0n) is 9.17. The summed E-state index contributed by atoms with van der Waals surface area (Å²) in [6.45, 7) is 0.674. The van der Waals surface area contributed by atoms with Crippen LogP contribution in [0.25, 0.3) is 0 Å². The highest BCUT2D eigenvalue weighted by molar-refractivity contribution is 5.65. The van der Waals surface area contributed by atoms with Crippen molar-refractivity contribution in [1.29, 1.82) is 0 Å². The van der Waals surface area contributed by atoms with E-state index in [2.05, 4.69) is 4.98 Å². The predicted octanol–water partition coefficient (Wildman–Crippen LogP) is 1.74. The highest BCUT2D eigenvalue weighted by Crippen LogP contribution is 2.20. The highest BCUT2D eigenvalue weighted by atomic mass is 19.1. The van der Waals surface area contributed by atoms with E-state index in [9.17, 15) is 9.18 Å². The number of pyridine rings is 1. The maximum absolute atomic E-state index is 13.2. The topological polar surface area (TPSA) is 62.7 Å². The van der Waals surface area contributed by atoms with Crippen molar-refractivity contribution in [3.8, 4) is 5.75 Å². The van der Waals surface area contributed by atoms with Gasteiger partial charge in [0.2, 0.25) is 0 Å². The third kappa shape index (κ3) is 2.64. The zero-order valence-corrected chi connectivity index (χ0v) is 9.17. The van der Waals surface area contributed by atoms with Crippen molar-refractivity contribution in [2.45, 2.75) is 18.9 Å². The molecule has 1 fully saturated rings. The molecular formula is C11H13FN2O3. The summed E-state index contributed by atoms with van der Waals surface area (Å²) in [7, 11) is 0. The fraction of sp³-hybridized carbons (Fsp3) is 0.455. The van der Waals surface area contributed by atoms with Crippen LogP contribution in [-0.2, 0) is 0 Å². The van der Waals surface area contributed by atoms with Gasteiger partial charge in [0, 0.05) is 12.7 Å². The number of halogens is 1. The monoisotopic (exact) mass is 240 g/mol. The normalized spacial score (nSPS) is 19.4. The second kappa shape index (κ2) is 4.99. The summed E-state index contributed by atoms with van der Waals surface area (Å²) >= 11 is 0. The summed E-state index contributed by atoms with van der Waals surface area (Å²) in [6.07, 6.45) is 1.94. The van der Waals surface area contributed by atoms with Gasteiger partial charge in [-0.2, -0.15) is 4.39 Å². The first kappa shape index (κ1) is 11.6. The van der Waals surface area contributed by atoms with Crippen LogP contribution in [0, 0.1) is 5.95 Å². The van der Waals surface area contributed by atoms with Gasteiger partial charge in [0.25, 0.3) is 5.95 Å². The van der Waals surface area contributed by atoms with Gasteiger partial charge in [-0.15, -0.1) is 0 Å². The number of aromatic nitrogens is 1. The fourth-order valence-corrected chi connectivity index (χ4v) is 1.93. The average molecular weight is 240 g/mol. The molecule has 1 aromatic rings. The van der Waals surface area contributed by atoms with Crippen LogP contribution in [0.15, 0.2) is 18.3 Å². The SMILES string of the molecule is O=C(O)N1CCCC1COc1cccnc1F. The molecule has 6 heteroatoms. The molecule has 2 heterocycles. The maximum atomic E-state index is 13.2. The van der Waals surface area contributed by atoms with Crippen molar-refractivity contribution in [2.75, 3.05) is 13.2 Å². The minimum absolute atomic E-state index is 0.0599. The van der Waals surface area contributed by atoms with Crippen molar-refractivity contribution in [3.05, 3.63) is 24.3 Å². The van der Waals surface area contributed by atoms with Crippen LogP contribution in [0.4, 0.5) is 9.18 Å². The smallest absolute Gasteiger partial charge is 0.407 e. The summed E-state index contributed by atoms with van der Waals surface area (Å²) < 4.78 is 18.4. The highest BCUT2D eigenvalue weighted by Gasteiger charge is 2.29. The number of carbonyl (C=O) groups is 1. The van der Waals surface area contributed by atoms with E-state index in [-0.39, 0.29) is 18.4 Å². The van der Waals surface area contributed by atoms with Crippen molar-refractivity contribution in [3.63, 3.8) is 0 Å². The Balaban J connectivity index is 1.94. The third-order valence-electron chi connectivity index (χ3n) is 2.78. The lowest BCUT2D eigenvalue weighted by molar-refractivity contribution is 0.122. The number of hydrogen-bond acceptors (Lipinski definition) is 3. The molecule has 1 atom stereocenters. The molecule has 1 N–H and O–H groups in total. The molecule has 0 bridgehead atoms. The fourth-order valence-electron chi connectivity index (χ4n) is 1.93. The lowest BCUT2D eigenvalue weighted by atomic mass is 10.2. The minimum Gasteiger partial charge on any atom is -0.487 e. The van der Waals surface area contributed by atoms with Crippen molar-refractivity contribution < 1.29 is 19.0 Å². The van der Waals surface area contributed by atoms with Crippen molar-refractivity contribution in [1.82, 2.24) is 9.88 Å². The molecular weight excluding hydrogens is 227 g/mol. The van der Waals surface area contributed by atoms with Gasteiger partial charge in [0.05, 0.1) is 6.04 Å². The van der Waals surface area contributed by atoms with Crippen LogP contribution in [0.5, 0.6) is 5.75 Å². The molecule has 1 aliphatic heterocycles. The summed E-state index contributed by atoms with van der Waals surface area (Å²) in [5.41, 5.74) is 0. The summed E-state index contributed by atoms with van der Waals surface area (Å²) in [5.74, 6) is -0.614. The van der Waals surface area contributed by atoms with E-state index in [0.29, 0.717) is 6.54 Å². The largest absolute Gasteiger partial charge is 0.487 e. The molecule has 0 aromatic carbocycles. The molecule has 1 unspecified atom stereocenters. The van der Waals surface area contributed by atoms with Crippen LogP contribution in [0.3, 0.4) is 0 Å². The van der Waals surface area contributed by atoms with E-state index in [1.807, 2.05) is 0 Å². The first-order valence-electron chi connectivity index (χ1n) is 5.41. The molecule has 0 spiro atoms. The Morgan fingerprint density at radius 2 is 2.53 bits per heavy atom. The second-order valence-corrected chi connectivity index (χ2v) is 3.88. The number of hydrogen-bond donors (Lipinski definition) is 1. The number of likely N-dealkylation sites (tertiary alicyclic amines) is 1. The molecule has 1 aromatic heterocycles. The van der Waals surface area contributed by atoms with Gasteiger partial charge in [-0.1, -0.05) is 0 Å². The standard InChI is InChI=1S/C11H13FN2O3/c12-10-9(4-1-5-13-10)17-7-8-3-2-6-14(8)11(15)16/h1,4-5,8H,2-3,6-7H2,(H,15,16). The van der Waals surface area contributed by atoms with Crippen LogP contribution in [-0.4, -0.2) is 40.3 Å². The van der Waals surface area contributed by atoms with Crippen LogP contribution < -0.4 is 4.74 Å². The van der Waals surface area contributed by atoms with E-state index < -0.39 is 12.0 Å². The lowest BCUT2D eigenvalue weighted by Crippen LogP contribution is -2.38. The maximum Gasteiger partial charge on any atom is 0.407 e. The third-order valence-corrected chi connectivity index (χ3v) is 2.78. The number of ether oxygens (including phenoxy) is 1. The van der Waals surface area contributed by atoms with E-state index in [1.165, 1.54) is 17.2 Å². The summed E-state index contributed by atoms with van der Waals surface area (Å²) in [6, 6.07) is 2.84. The summed E-state index contributed by atoms with van der Waals surface area (Å²) in [5, 5.41) is 8.92. The number of amides is 1. The van der Waals surface area contributed by atoms with Gasteiger partial charge in [-0.25, -0.2) is 9.78 Å². The van der Waals surface area contributed by atoms with Crippen LogP contribution >= 0.6 is 0 Å². The quantitative estimate of drug-likeness (QED) is 0.817. The molecule has 1 aliphatic rings. The Labute approximate surface area is 97.8 Å². The average Bonchev–Trinajstić information content (AvgIpc) is 2.76. The van der Waals surface area contributed by atoms with Gasteiger partial charge < -0.3 is 14.7 Å². The first-order chi connectivity index (χ1) is 8.18. The summed E-state index contributed by atoms with van der Waals surface area (Å²) in [4.78, 5) is 15.7. The molecule has 0 aliphatic carbocycles. The van der Waals surface area contributed by atoms with Crippen LogP contribution in [0.1, 0.15) is 12.8 Å². The lowest BCUT2D eigenvalue weighted by Gasteiger charge is -2.21. The Morgan fingerprint density at radius 1 is 1.71 bits per heavy atom. The number of nitrogens with zero attached hydrogens (tertiary/aromatic N) is 2. The van der Waals surface area contributed by atoms with E-state index in [1.54, 1.807) is 6.07 Å². The minimum atomic E-state index is -0.956. The molecule has 0 radical (unpaired) electrons. The molecule has 92 valence electrons. The van der Waals surface area contributed by atoms with Crippen molar-refractivity contribution >= 4 is 6.09 Å². The Kier molecular flexibility index (Phi) is 3.41. The Morgan fingerprint density at radius 3 is 3.24 bits per heavy atom. The molecule has 1 saturated heterocycles. The van der Waals surface area contributed by atoms with E-state index >= 15 is 0 Å². The van der Waals surface area contributed by atoms with Gasteiger partial charge in [-0.05, 0) is 25.0 Å². The van der Waals surface area contributed by atoms with E-state index in [0.717, 1.165) is 12.8 Å². The number of rotatable bonds is 3.